The van der Waals surface area contributed by atoms with Gasteiger partial charge in [0.15, 0.2) is 0 Å². The number of nitrogens with one attached hydrogen (secondary N) is 1. The number of nitrogens with zero attached hydrogens (tertiary/aromatic N) is 1. The number of hydrogen-bond donors (Lipinski definition) is 2. The quantitative estimate of drug-likeness (QED) is 0.864. The molecular weight excluding hydrogens is 268 g/mol. The Morgan fingerprint density at radius 1 is 1.32 bits per heavy atom. The highest BCUT2D eigenvalue weighted by molar-refractivity contribution is 7.89. The first-order valence-corrected chi connectivity index (χ1v) is 7.62. The van der Waals surface area contributed by atoms with Gasteiger partial charge in [-0.05, 0) is 25.0 Å². The van der Waals surface area contributed by atoms with Crippen LogP contribution in [-0.4, -0.2) is 30.0 Å². The van der Waals surface area contributed by atoms with Crippen LogP contribution in [-0.2, 0) is 14.8 Å². The van der Waals surface area contributed by atoms with E-state index >= 15 is 0 Å². The van der Waals surface area contributed by atoms with Crippen LogP contribution in [0.3, 0.4) is 0 Å². The molecule has 0 aliphatic heterocycles. The van der Waals surface area contributed by atoms with Gasteiger partial charge < -0.3 is 5.11 Å². The summed E-state index contributed by atoms with van der Waals surface area (Å²) >= 11 is 0. The van der Waals surface area contributed by atoms with Crippen molar-refractivity contribution in [3.63, 3.8) is 0 Å². The number of sulfonamides is 1. The summed E-state index contributed by atoms with van der Waals surface area (Å²) in [4.78, 5) is 15.2. The molecule has 1 aromatic rings. The molecule has 7 heteroatoms. The third kappa shape index (κ3) is 2.93. The maximum absolute atomic E-state index is 12.2. The van der Waals surface area contributed by atoms with E-state index in [0.717, 1.165) is 6.42 Å². The number of hydrogen-bond acceptors (Lipinski definition) is 4. The van der Waals surface area contributed by atoms with Gasteiger partial charge >= 0.3 is 5.97 Å². The van der Waals surface area contributed by atoms with Gasteiger partial charge in [0, 0.05) is 12.4 Å². The predicted molar refractivity (Wildman–Crippen MR) is 68.0 cm³/mol. The summed E-state index contributed by atoms with van der Waals surface area (Å²) in [6, 6.07) is 2.90. The molecule has 2 rings (SSSR count). The molecule has 0 atom stereocenters. The molecule has 0 unspecified atom stereocenters. The zero-order valence-corrected chi connectivity index (χ0v) is 11.2. The van der Waals surface area contributed by atoms with Crippen molar-refractivity contribution in [2.75, 3.05) is 0 Å². The Morgan fingerprint density at radius 3 is 2.53 bits per heavy atom. The van der Waals surface area contributed by atoms with E-state index in [1.165, 1.54) is 24.5 Å². The molecule has 0 bridgehead atoms. The smallest absolute Gasteiger partial charge is 0.324 e. The minimum absolute atomic E-state index is 0.0128. The van der Waals surface area contributed by atoms with Crippen molar-refractivity contribution in [3.8, 4) is 0 Å². The van der Waals surface area contributed by atoms with Gasteiger partial charge in [0.05, 0.1) is 0 Å². The zero-order valence-electron chi connectivity index (χ0n) is 10.4. The first-order chi connectivity index (χ1) is 8.96. The fourth-order valence-electron chi connectivity index (χ4n) is 2.34. The first-order valence-electron chi connectivity index (χ1n) is 6.14. The van der Waals surface area contributed by atoms with Gasteiger partial charge in [0.2, 0.25) is 10.0 Å². The normalized spacial score (nSPS) is 18.9. The Labute approximate surface area is 111 Å². The molecule has 0 amide bonds. The highest BCUT2D eigenvalue weighted by Gasteiger charge is 2.43. The minimum atomic E-state index is -3.86. The maximum atomic E-state index is 12.2. The van der Waals surface area contributed by atoms with Crippen LogP contribution in [0.25, 0.3) is 0 Å². The van der Waals surface area contributed by atoms with E-state index in [-0.39, 0.29) is 4.90 Å². The summed E-state index contributed by atoms with van der Waals surface area (Å²) < 4.78 is 26.7. The summed E-state index contributed by atoms with van der Waals surface area (Å²) in [6.07, 6.45) is 5.67. The summed E-state index contributed by atoms with van der Waals surface area (Å²) in [5.41, 5.74) is -1.38. The van der Waals surface area contributed by atoms with Crippen LogP contribution < -0.4 is 4.72 Å². The summed E-state index contributed by atoms with van der Waals surface area (Å²) in [6.45, 7) is 0. The SMILES string of the molecule is O=C(O)C1(NS(=O)(=O)c2cccnc2)CCCCC1. The number of carboxylic acid groups (broad SMARTS) is 1. The Hall–Kier alpha value is -1.47. The molecule has 1 saturated carbocycles. The van der Waals surface area contributed by atoms with Gasteiger partial charge in [-0.15, -0.1) is 0 Å². The molecule has 1 aliphatic carbocycles. The van der Waals surface area contributed by atoms with Gasteiger partial charge in [-0.3, -0.25) is 9.78 Å². The molecule has 0 saturated heterocycles. The lowest BCUT2D eigenvalue weighted by atomic mass is 9.83. The standard InChI is InChI=1S/C12H16N2O4S/c15-11(16)12(6-2-1-3-7-12)14-19(17,18)10-5-4-8-13-9-10/h4-5,8-9,14H,1-3,6-7H2,(H,15,16). The van der Waals surface area contributed by atoms with Crippen molar-refractivity contribution in [3.05, 3.63) is 24.5 Å². The number of aromatic nitrogens is 1. The average Bonchev–Trinajstić information content (AvgIpc) is 2.40. The Kier molecular flexibility index (Phi) is 3.86. The average molecular weight is 284 g/mol. The largest absolute Gasteiger partial charge is 0.480 e. The van der Waals surface area contributed by atoms with Crippen molar-refractivity contribution in [2.45, 2.75) is 42.5 Å². The number of rotatable bonds is 4. The molecule has 0 radical (unpaired) electrons. The molecule has 104 valence electrons. The fourth-order valence-corrected chi connectivity index (χ4v) is 3.72. The van der Waals surface area contributed by atoms with Crippen LogP contribution >= 0.6 is 0 Å². The van der Waals surface area contributed by atoms with Gasteiger partial charge in [-0.1, -0.05) is 19.3 Å². The lowest BCUT2D eigenvalue weighted by Gasteiger charge is -2.33. The second-order valence-electron chi connectivity index (χ2n) is 4.74. The van der Waals surface area contributed by atoms with Crippen LogP contribution in [0.4, 0.5) is 0 Å². The first kappa shape index (κ1) is 14.0. The van der Waals surface area contributed by atoms with Gasteiger partial charge in [-0.2, -0.15) is 4.72 Å². The van der Waals surface area contributed by atoms with E-state index in [2.05, 4.69) is 9.71 Å². The number of pyridine rings is 1. The Bertz CT molecular complexity index is 550. The monoisotopic (exact) mass is 284 g/mol. The van der Waals surface area contributed by atoms with Gasteiger partial charge in [0.25, 0.3) is 0 Å². The second-order valence-corrected chi connectivity index (χ2v) is 6.42. The Balaban J connectivity index is 2.29. The van der Waals surface area contributed by atoms with Crippen molar-refractivity contribution in [1.29, 1.82) is 0 Å². The van der Waals surface area contributed by atoms with Crippen LogP contribution in [0, 0.1) is 0 Å². The van der Waals surface area contributed by atoms with Crippen LogP contribution in [0.1, 0.15) is 32.1 Å². The van der Waals surface area contributed by atoms with Crippen LogP contribution in [0.15, 0.2) is 29.4 Å². The summed E-state index contributed by atoms with van der Waals surface area (Å²) in [7, 11) is -3.86. The molecule has 1 fully saturated rings. The molecule has 2 N–H and O–H groups in total. The molecular formula is C12H16N2O4S. The zero-order chi connectivity index (χ0) is 13.9. The molecule has 19 heavy (non-hydrogen) atoms. The number of carbonyl (C=O) groups is 1. The highest BCUT2D eigenvalue weighted by Crippen LogP contribution is 2.30. The summed E-state index contributed by atoms with van der Waals surface area (Å²) in [5, 5.41) is 9.36. The van der Waals surface area contributed by atoms with Crippen LogP contribution in [0.5, 0.6) is 0 Å². The van der Waals surface area contributed by atoms with Crippen molar-refractivity contribution in [2.24, 2.45) is 0 Å². The van der Waals surface area contributed by atoms with Gasteiger partial charge in [0.1, 0.15) is 10.4 Å². The van der Waals surface area contributed by atoms with E-state index in [9.17, 15) is 18.3 Å². The van der Waals surface area contributed by atoms with Gasteiger partial charge in [-0.25, -0.2) is 8.42 Å². The number of aliphatic carboxylic acids is 1. The lowest BCUT2D eigenvalue weighted by Crippen LogP contribution is -2.55. The van der Waals surface area contributed by atoms with Crippen LogP contribution in [0.2, 0.25) is 0 Å². The highest BCUT2D eigenvalue weighted by atomic mass is 32.2. The minimum Gasteiger partial charge on any atom is -0.480 e. The van der Waals surface area contributed by atoms with E-state index in [1.807, 2.05) is 0 Å². The maximum Gasteiger partial charge on any atom is 0.324 e. The molecule has 1 aromatic heterocycles. The fraction of sp³-hybridized carbons (Fsp3) is 0.500. The lowest BCUT2D eigenvalue weighted by molar-refractivity contribution is -0.145. The molecule has 1 aliphatic rings. The molecule has 1 heterocycles. The number of carboxylic acids is 1. The molecule has 0 aromatic carbocycles. The predicted octanol–water partition coefficient (Wildman–Crippen LogP) is 1.15. The van der Waals surface area contributed by atoms with E-state index < -0.39 is 21.5 Å². The molecule has 6 nitrogen and oxygen atoms in total. The third-order valence-electron chi connectivity index (χ3n) is 3.39. The van der Waals surface area contributed by atoms with E-state index in [4.69, 9.17) is 0 Å². The molecule has 0 spiro atoms. The van der Waals surface area contributed by atoms with Crippen molar-refractivity contribution < 1.29 is 18.3 Å². The van der Waals surface area contributed by atoms with Crippen molar-refractivity contribution in [1.82, 2.24) is 9.71 Å². The Morgan fingerprint density at radius 2 is 2.00 bits per heavy atom. The topological polar surface area (TPSA) is 96.4 Å². The van der Waals surface area contributed by atoms with E-state index in [1.54, 1.807) is 0 Å². The summed E-state index contributed by atoms with van der Waals surface area (Å²) in [5.74, 6) is -1.11. The van der Waals surface area contributed by atoms with E-state index in [0.29, 0.717) is 25.7 Å². The third-order valence-corrected chi connectivity index (χ3v) is 4.91. The second kappa shape index (κ2) is 5.26. The van der Waals surface area contributed by atoms with Crippen molar-refractivity contribution >= 4 is 16.0 Å².